The van der Waals surface area contributed by atoms with Gasteiger partial charge < -0.3 is 30.4 Å². The molecule has 1 aliphatic heterocycles. The molecule has 0 saturated carbocycles. The summed E-state index contributed by atoms with van der Waals surface area (Å²) in [4.78, 5) is 12.9. The lowest BCUT2D eigenvalue weighted by Crippen LogP contribution is -2.41. The molecular weight excluding hydrogens is 446 g/mol. The van der Waals surface area contributed by atoms with Gasteiger partial charge in [0.05, 0.1) is 32.3 Å². The molecule has 10 nitrogen and oxygen atoms in total. The van der Waals surface area contributed by atoms with Gasteiger partial charge in [-0.25, -0.2) is 0 Å². The Balaban J connectivity index is 1.41. The van der Waals surface area contributed by atoms with Gasteiger partial charge in [-0.15, -0.1) is 10.2 Å². The molecule has 0 spiro atoms. The molecule has 2 atom stereocenters. The fourth-order valence-electron chi connectivity index (χ4n) is 4.16. The number of nitrogens with zero attached hydrogens (tertiary/aromatic N) is 3. The van der Waals surface area contributed by atoms with E-state index in [1.807, 2.05) is 54.0 Å². The van der Waals surface area contributed by atoms with Crippen LogP contribution in [0.15, 0.2) is 48.5 Å². The first kappa shape index (κ1) is 24.6. The number of ether oxygens (including phenoxy) is 1. The molecule has 4 rings (SSSR count). The third kappa shape index (κ3) is 6.16. The Kier molecular flexibility index (Phi) is 8.30. The van der Waals surface area contributed by atoms with E-state index >= 15 is 0 Å². The van der Waals surface area contributed by atoms with Gasteiger partial charge in [-0.3, -0.25) is 10.1 Å². The molecule has 0 aliphatic carbocycles. The SMILES string of the molecule is COc1cccc([C@H](C)NC(=O)c2cccc(NCc3nnc(C4CCNCN4)n3CCO)c2)c1. The van der Waals surface area contributed by atoms with Crippen molar-refractivity contribution in [2.45, 2.75) is 38.5 Å². The maximum atomic E-state index is 12.9. The van der Waals surface area contributed by atoms with Gasteiger partial charge in [0.25, 0.3) is 5.91 Å². The Morgan fingerprint density at radius 3 is 2.89 bits per heavy atom. The number of carbonyl (C=O) groups excluding carboxylic acids is 1. The van der Waals surface area contributed by atoms with Gasteiger partial charge in [0.15, 0.2) is 5.82 Å². The number of carbonyl (C=O) groups is 1. The number of aliphatic hydroxyl groups excluding tert-OH is 1. The fraction of sp³-hybridized carbons (Fsp3) is 0.400. The van der Waals surface area contributed by atoms with Gasteiger partial charge >= 0.3 is 0 Å². The predicted octanol–water partition coefficient (Wildman–Crippen LogP) is 1.96. The van der Waals surface area contributed by atoms with E-state index in [0.717, 1.165) is 48.3 Å². The summed E-state index contributed by atoms with van der Waals surface area (Å²) in [6.45, 7) is 4.42. The Labute approximate surface area is 205 Å². The van der Waals surface area contributed by atoms with E-state index in [4.69, 9.17) is 4.74 Å². The van der Waals surface area contributed by atoms with Crippen molar-refractivity contribution in [1.29, 1.82) is 0 Å². The minimum absolute atomic E-state index is 0.00411. The number of nitrogens with one attached hydrogen (secondary N) is 4. The lowest BCUT2D eigenvalue weighted by molar-refractivity contribution is 0.0940. The fourth-order valence-corrected chi connectivity index (χ4v) is 4.16. The van der Waals surface area contributed by atoms with Crippen LogP contribution in [0.3, 0.4) is 0 Å². The molecule has 3 aromatic rings. The molecule has 35 heavy (non-hydrogen) atoms. The highest BCUT2D eigenvalue weighted by molar-refractivity contribution is 5.95. The molecule has 1 saturated heterocycles. The molecule has 186 valence electrons. The van der Waals surface area contributed by atoms with Gasteiger partial charge in [-0.2, -0.15) is 0 Å². The average Bonchev–Trinajstić information content (AvgIpc) is 3.30. The molecule has 5 N–H and O–H groups in total. The normalized spacial score (nSPS) is 16.5. The molecule has 2 aromatic carbocycles. The van der Waals surface area contributed by atoms with Crippen molar-refractivity contribution in [3.8, 4) is 5.75 Å². The zero-order chi connectivity index (χ0) is 24.6. The van der Waals surface area contributed by atoms with Crippen molar-refractivity contribution in [1.82, 2.24) is 30.7 Å². The maximum absolute atomic E-state index is 12.9. The van der Waals surface area contributed by atoms with Crippen molar-refractivity contribution >= 4 is 11.6 Å². The van der Waals surface area contributed by atoms with Crippen LogP contribution in [-0.2, 0) is 13.1 Å². The number of aliphatic hydroxyl groups is 1. The highest BCUT2D eigenvalue weighted by atomic mass is 16.5. The van der Waals surface area contributed by atoms with Gasteiger partial charge in [-0.05, 0) is 55.8 Å². The van der Waals surface area contributed by atoms with Crippen LogP contribution in [0, 0.1) is 0 Å². The van der Waals surface area contributed by atoms with Gasteiger partial charge in [-0.1, -0.05) is 18.2 Å². The molecule has 1 fully saturated rings. The van der Waals surface area contributed by atoms with E-state index in [2.05, 4.69) is 31.5 Å². The van der Waals surface area contributed by atoms with Crippen molar-refractivity contribution in [3.05, 3.63) is 71.3 Å². The van der Waals surface area contributed by atoms with Gasteiger partial charge in [0, 0.05) is 24.5 Å². The summed E-state index contributed by atoms with van der Waals surface area (Å²) in [7, 11) is 1.62. The van der Waals surface area contributed by atoms with Crippen LogP contribution in [0.5, 0.6) is 5.75 Å². The monoisotopic (exact) mass is 479 g/mol. The first-order valence-electron chi connectivity index (χ1n) is 11.8. The number of rotatable bonds is 10. The third-order valence-corrected chi connectivity index (χ3v) is 6.09. The molecule has 0 bridgehead atoms. The largest absolute Gasteiger partial charge is 0.497 e. The first-order valence-corrected chi connectivity index (χ1v) is 11.8. The second-order valence-electron chi connectivity index (χ2n) is 8.48. The Morgan fingerprint density at radius 2 is 2.11 bits per heavy atom. The van der Waals surface area contributed by atoms with Crippen molar-refractivity contribution in [2.75, 3.05) is 32.2 Å². The topological polar surface area (TPSA) is 125 Å². The summed E-state index contributed by atoms with van der Waals surface area (Å²) in [6.07, 6.45) is 0.905. The maximum Gasteiger partial charge on any atom is 0.251 e. The number of benzene rings is 2. The summed E-state index contributed by atoms with van der Waals surface area (Å²) in [5.74, 6) is 2.16. The quantitative estimate of drug-likeness (QED) is 0.299. The van der Waals surface area contributed by atoms with Crippen LogP contribution < -0.4 is 26.0 Å². The second kappa shape index (κ2) is 11.8. The Bertz CT molecular complexity index is 1130. The molecular formula is C25H33N7O3. The van der Waals surface area contributed by atoms with Crippen LogP contribution in [0.25, 0.3) is 0 Å². The van der Waals surface area contributed by atoms with Gasteiger partial charge in [0.2, 0.25) is 0 Å². The van der Waals surface area contributed by atoms with E-state index in [1.54, 1.807) is 13.2 Å². The molecule has 0 radical (unpaired) electrons. The standard InChI is InChI=1S/C25H33N7O3/c1-17(18-5-4-8-21(14-18)35-2)29-25(34)19-6-3-7-20(13-19)27-15-23-30-31-24(32(23)11-12-33)22-9-10-26-16-28-22/h3-8,13-14,17,22,26-28,33H,9-12,15-16H2,1-2H3,(H,29,34)/t17-,22?/m0/s1. The van der Waals surface area contributed by atoms with Crippen LogP contribution in [0.4, 0.5) is 5.69 Å². The zero-order valence-corrected chi connectivity index (χ0v) is 20.1. The van der Waals surface area contributed by atoms with E-state index in [0.29, 0.717) is 18.7 Å². The lowest BCUT2D eigenvalue weighted by atomic mass is 10.1. The van der Waals surface area contributed by atoms with Crippen LogP contribution in [-0.4, -0.2) is 52.7 Å². The second-order valence-corrected chi connectivity index (χ2v) is 8.48. The predicted molar refractivity (Wildman–Crippen MR) is 133 cm³/mol. The van der Waals surface area contributed by atoms with Crippen molar-refractivity contribution in [3.63, 3.8) is 0 Å². The molecule has 1 unspecified atom stereocenters. The van der Waals surface area contributed by atoms with Crippen molar-refractivity contribution in [2.24, 2.45) is 0 Å². The molecule has 2 heterocycles. The first-order chi connectivity index (χ1) is 17.1. The van der Waals surface area contributed by atoms with Crippen LogP contribution in [0.1, 0.15) is 53.0 Å². The van der Waals surface area contributed by atoms with E-state index < -0.39 is 0 Å². The van der Waals surface area contributed by atoms with Crippen LogP contribution in [0.2, 0.25) is 0 Å². The minimum atomic E-state index is -0.173. The average molecular weight is 480 g/mol. The number of methoxy groups -OCH3 is 1. The Morgan fingerprint density at radius 1 is 1.26 bits per heavy atom. The van der Waals surface area contributed by atoms with Crippen molar-refractivity contribution < 1.29 is 14.6 Å². The molecule has 10 heteroatoms. The lowest BCUT2D eigenvalue weighted by Gasteiger charge is -2.24. The number of amides is 1. The van der Waals surface area contributed by atoms with Crippen LogP contribution >= 0.6 is 0 Å². The summed E-state index contributed by atoms with van der Waals surface area (Å²) in [5.41, 5.74) is 2.32. The zero-order valence-electron chi connectivity index (χ0n) is 20.1. The van der Waals surface area contributed by atoms with Gasteiger partial charge in [0.1, 0.15) is 11.6 Å². The van der Waals surface area contributed by atoms with E-state index in [9.17, 15) is 9.90 Å². The summed E-state index contributed by atoms with van der Waals surface area (Å²) >= 11 is 0. The number of hydrogen-bond donors (Lipinski definition) is 5. The summed E-state index contributed by atoms with van der Waals surface area (Å²) < 4.78 is 7.24. The Hall–Kier alpha value is -3.47. The number of hydrogen-bond acceptors (Lipinski definition) is 8. The smallest absolute Gasteiger partial charge is 0.251 e. The third-order valence-electron chi connectivity index (χ3n) is 6.09. The summed E-state index contributed by atoms with van der Waals surface area (Å²) in [6, 6.07) is 14.9. The summed E-state index contributed by atoms with van der Waals surface area (Å²) in [5, 5.41) is 31.3. The number of aromatic nitrogens is 3. The van der Waals surface area contributed by atoms with E-state index in [1.165, 1.54) is 0 Å². The highest BCUT2D eigenvalue weighted by Crippen LogP contribution is 2.21. The molecule has 1 amide bonds. The highest BCUT2D eigenvalue weighted by Gasteiger charge is 2.22. The molecule has 1 aromatic heterocycles. The number of anilines is 1. The van der Waals surface area contributed by atoms with E-state index in [-0.39, 0.29) is 24.6 Å². The molecule has 1 aliphatic rings. The minimum Gasteiger partial charge on any atom is -0.497 e.